The fourth-order valence-electron chi connectivity index (χ4n) is 1.42. The van der Waals surface area contributed by atoms with Crippen molar-refractivity contribution >= 4 is 21.6 Å². The van der Waals surface area contributed by atoms with Crippen LogP contribution in [0.5, 0.6) is 0 Å². The van der Waals surface area contributed by atoms with Gasteiger partial charge in [-0.2, -0.15) is 0 Å². The van der Waals surface area contributed by atoms with E-state index in [1.165, 1.54) is 12.1 Å². The van der Waals surface area contributed by atoms with E-state index in [9.17, 15) is 13.2 Å². The van der Waals surface area contributed by atoms with Crippen molar-refractivity contribution in [1.82, 2.24) is 4.72 Å². The molecule has 1 aliphatic rings. The predicted molar refractivity (Wildman–Crippen MR) is 68.6 cm³/mol. The molecule has 1 aliphatic carbocycles. The van der Waals surface area contributed by atoms with Crippen LogP contribution in [-0.2, 0) is 14.8 Å². The summed E-state index contributed by atoms with van der Waals surface area (Å²) in [4.78, 5) is 11.3. The van der Waals surface area contributed by atoms with Gasteiger partial charge >= 0.3 is 0 Å². The Balaban J connectivity index is 2.20. The van der Waals surface area contributed by atoms with E-state index < -0.39 is 10.0 Å². The van der Waals surface area contributed by atoms with Crippen LogP contribution in [0.4, 0.5) is 5.69 Å². The lowest BCUT2D eigenvalue weighted by molar-refractivity contribution is -0.111. The standard InChI is InChI=1S/C12H14N2O3S/c1-2-12(15)13-10-4-3-5-11(8-10)18(16,17)14-9-6-7-9/h2-5,8-9,14H,1,6-7H2,(H,13,15). The van der Waals surface area contributed by atoms with Crippen molar-refractivity contribution in [3.8, 4) is 0 Å². The number of nitrogens with one attached hydrogen (secondary N) is 2. The highest BCUT2D eigenvalue weighted by atomic mass is 32.2. The molecule has 0 atom stereocenters. The van der Waals surface area contributed by atoms with Crippen LogP contribution in [-0.4, -0.2) is 20.4 Å². The third-order valence-corrected chi connectivity index (χ3v) is 4.01. The minimum atomic E-state index is -3.49. The summed E-state index contributed by atoms with van der Waals surface area (Å²) in [6.45, 7) is 3.33. The third kappa shape index (κ3) is 3.18. The zero-order valence-electron chi connectivity index (χ0n) is 9.72. The Kier molecular flexibility index (Phi) is 3.49. The van der Waals surface area contributed by atoms with Gasteiger partial charge in [-0.3, -0.25) is 4.79 Å². The van der Waals surface area contributed by atoms with Gasteiger partial charge in [-0.15, -0.1) is 0 Å². The molecule has 0 heterocycles. The number of rotatable bonds is 5. The summed E-state index contributed by atoms with van der Waals surface area (Å²) < 4.78 is 26.5. The van der Waals surface area contributed by atoms with E-state index >= 15 is 0 Å². The first-order valence-corrected chi connectivity index (χ1v) is 7.05. The summed E-state index contributed by atoms with van der Waals surface area (Å²) in [6.07, 6.45) is 2.89. The zero-order chi connectivity index (χ0) is 13.2. The molecule has 96 valence electrons. The van der Waals surface area contributed by atoms with Gasteiger partial charge in [0.25, 0.3) is 0 Å². The Bertz CT molecular complexity index is 577. The fourth-order valence-corrected chi connectivity index (χ4v) is 2.77. The Hall–Kier alpha value is -1.66. The maximum absolute atomic E-state index is 11.9. The van der Waals surface area contributed by atoms with E-state index in [2.05, 4.69) is 16.6 Å². The first-order chi connectivity index (χ1) is 8.51. The number of carbonyl (C=O) groups excluding carboxylic acids is 1. The van der Waals surface area contributed by atoms with E-state index in [4.69, 9.17) is 0 Å². The van der Waals surface area contributed by atoms with Crippen LogP contribution in [0.1, 0.15) is 12.8 Å². The average Bonchev–Trinajstić information content (AvgIpc) is 3.12. The lowest BCUT2D eigenvalue weighted by Gasteiger charge is -2.07. The molecule has 0 unspecified atom stereocenters. The first-order valence-electron chi connectivity index (χ1n) is 5.57. The highest BCUT2D eigenvalue weighted by molar-refractivity contribution is 7.89. The summed E-state index contributed by atoms with van der Waals surface area (Å²) in [6, 6.07) is 6.18. The molecule has 18 heavy (non-hydrogen) atoms. The molecule has 2 rings (SSSR count). The molecule has 1 amide bonds. The van der Waals surface area contributed by atoms with Gasteiger partial charge in [0, 0.05) is 11.7 Å². The molecule has 0 radical (unpaired) electrons. The molecule has 2 N–H and O–H groups in total. The van der Waals surface area contributed by atoms with Crippen LogP contribution in [0.25, 0.3) is 0 Å². The van der Waals surface area contributed by atoms with Crippen LogP contribution in [0, 0.1) is 0 Å². The van der Waals surface area contributed by atoms with Crippen molar-refractivity contribution in [2.75, 3.05) is 5.32 Å². The van der Waals surface area contributed by atoms with Crippen molar-refractivity contribution in [1.29, 1.82) is 0 Å². The molecule has 1 aromatic carbocycles. The smallest absolute Gasteiger partial charge is 0.247 e. The normalized spacial score (nSPS) is 15.1. The summed E-state index contributed by atoms with van der Waals surface area (Å²) in [7, 11) is -3.49. The topological polar surface area (TPSA) is 75.3 Å². The SMILES string of the molecule is C=CC(=O)Nc1cccc(S(=O)(=O)NC2CC2)c1. The Morgan fingerprint density at radius 1 is 1.39 bits per heavy atom. The second-order valence-corrected chi connectivity index (χ2v) is 5.83. The van der Waals surface area contributed by atoms with Crippen molar-refractivity contribution < 1.29 is 13.2 Å². The van der Waals surface area contributed by atoms with Gasteiger partial charge in [0.1, 0.15) is 0 Å². The highest BCUT2D eigenvalue weighted by Gasteiger charge is 2.27. The molecular weight excluding hydrogens is 252 g/mol. The van der Waals surface area contributed by atoms with E-state index in [0.29, 0.717) is 5.69 Å². The van der Waals surface area contributed by atoms with Crippen LogP contribution in [0.2, 0.25) is 0 Å². The summed E-state index contributed by atoms with van der Waals surface area (Å²) in [5, 5.41) is 2.52. The highest BCUT2D eigenvalue weighted by Crippen LogP contribution is 2.23. The molecule has 5 nitrogen and oxygen atoms in total. The van der Waals surface area contributed by atoms with Crippen molar-refractivity contribution in [3.05, 3.63) is 36.9 Å². The Morgan fingerprint density at radius 2 is 2.11 bits per heavy atom. The Morgan fingerprint density at radius 3 is 2.72 bits per heavy atom. The molecule has 1 fully saturated rings. The zero-order valence-corrected chi connectivity index (χ0v) is 10.5. The van der Waals surface area contributed by atoms with Gasteiger partial charge in [-0.05, 0) is 37.1 Å². The minimum absolute atomic E-state index is 0.0569. The monoisotopic (exact) mass is 266 g/mol. The van der Waals surface area contributed by atoms with Crippen LogP contribution in [0.15, 0.2) is 41.8 Å². The molecule has 0 saturated heterocycles. The van der Waals surface area contributed by atoms with Gasteiger partial charge < -0.3 is 5.32 Å². The van der Waals surface area contributed by atoms with E-state index in [1.54, 1.807) is 12.1 Å². The van der Waals surface area contributed by atoms with Gasteiger partial charge in [0.15, 0.2) is 0 Å². The fraction of sp³-hybridized carbons (Fsp3) is 0.250. The maximum atomic E-state index is 11.9. The van der Waals surface area contributed by atoms with E-state index in [-0.39, 0.29) is 16.8 Å². The second-order valence-electron chi connectivity index (χ2n) is 4.12. The molecule has 1 saturated carbocycles. The number of hydrogen-bond donors (Lipinski definition) is 2. The van der Waals surface area contributed by atoms with Crippen LogP contribution < -0.4 is 10.0 Å². The summed E-state index contributed by atoms with van der Waals surface area (Å²) in [5.41, 5.74) is 0.429. The molecule has 0 bridgehead atoms. The summed E-state index contributed by atoms with van der Waals surface area (Å²) in [5.74, 6) is -0.375. The number of sulfonamides is 1. The van der Waals surface area contributed by atoms with Gasteiger partial charge in [-0.1, -0.05) is 12.6 Å². The van der Waals surface area contributed by atoms with Crippen LogP contribution >= 0.6 is 0 Å². The predicted octanol–water partition coefficient (Wildman–Crippen LogP) is 1.25. The van der Waals surface area contributed by atoms with Crippen molar-refractivity contribution in [2.45, 2.75) is 23.8 Å². The van der Waals surface area contributed by atoms with E-state index in [0.717, 1.165) is 18.9 Å². The Labute approximate surface area is 106 Å². The lowest BCUT2D eigenvalue weighted by atomic mass is 10.3. The third-order valence-electron chi connectivity index (χ3n) is 2.50. The molecule has 0 aromatic heterocycles. The minimum Gasteiger partial charge on any atom is -0.322 e. The number of benzene rings is 1. The van der Waals surface area contributed by atoms with Crippen molar-refractivity contribution in [2.24, 2.45) is 0 Å². The molecule has 6 heteroatoms. The largest absolute Gasteiger partial charge is 0.322 e. The quantitative estimate of drug-likeness (QED) is 0.788. The molecular formula is C12H14N2O3S. The second kappa shape index (κ2) is 4.91. The van der Waals surface area contributed by atoms with Gasteiger partial charge in [-0.25, -0.2) is 13.1 Å². The molecule has 0 spiro atoms. The average molecular weight is 266 g/mol. The number of hydrogen-bond acceptors (Lipinski definition) is 3. The molecule has 1 aromatic rings. The van der Waals surface area contributed by atoms with Gasteiger partial charge in [0.05, 0.1) is 4.90 Å². The lowest BCUT2D eigenvalue weighted by Crippen LogP contribution is -2.25. The van der Waals surface area contributed by atoms with E-state index in [1.807, 2.05) is 0 Å². The number of carbonyl (C=O) groups is 1. The first kappa shape index (κ1) is 12.8. The van der Waals surface area contributed by atoms with Gasteiger partial charge in [0.2, 0.25) is 15.9 Å². The number of amides is 1. The number of anilines is 1. The van der Waals surface area contributed by atoms with Crippen molar-refractivity contribution in [3.63, 3.8) is 0 Å². The van der Waals surface area contributed by atoms with Crippen LogP contribution in [0.3, 0.4) is 0 Å². The summed E-state index contributed by atoms with van der Waals surface area (Å²) >= 11 is 0. The maximum Gasteiger partial charge on any atom is 0.247 e. The molecule has 0 aliphatic heterocycles.